The zero-order valence-corrected chi connectivity index (χ0v) is 19.8. The van der Waals surface area contributed by atoms with Crippen LogP contribution >= 0.6 is 24.0 Å². The predicted molar refractivity (Wildman–Crippen MR) is 124 cm³/mol. The second-order valence-corrected chi connectivity index (χ2v) is 8.92. The molecule has 1 atom stereocenters. The Bertz CT molecular complexity index is 767. The molecule has 0 aliphatic heterocycles. The first-order chi connectivity index (χ1) is 12.4. The van der Waals surface area contributed by atoms with Gasteiger partial charge in [0.15, 0.2) is 15.8 Å². The molecule has 7 heteroatoms. The van der Waals surface area contributed by atoms with Gasteiger partial charge in [0.25, 0.3) is 0 Å². The standard InChI is InChI=1S/C20H31N3O2S.HI/c1-5-17(22-20(21-6-2)23-18-9-7-8-10-18)14-26(24,25)19-12-11-15(3)16(4)13-19;/h7-8,11-13,17-18H,5-6,9-10,14H2,1-4H3,(H2,21,22,23);1H. The van der Waals surface area contributed by atoms with Crippen LogP contribution < -0.4 is 10.6 Å². The summed E-state index contributed by atoms with van der Waals surface area (Å²) >= 11 is 0. The fourth-order valence-electron chi connectivity index (χ4n) is 2.94. The number of aryl methyl sites for hydroxylation is 2. The molecule has 0 amide bonds. The van der Waals surface area contributed by atoms with Crippen molar-refractivity contribution in [2.75, 3.05) is 12.3 Å². The van der Waals surface area contributed by atoms with Gasteiger partial charge in [-0.05, 0) is 63.3 Å². The number of halogens is 1. The van der Waals surface area contributed by atoms with E-state index in [0.29, 0.717) is 29.9 Å². The van der Waals surface area contributed by atoms with Gasteiger partial charge in [-0.15, -0.1) is 24.0 Å². The van der Waals surface area contributed by atoms with E-state index in [0.717, 1.165) is 24.0 Å². The van der Waals surface area contributed by atoms with Gasteiger partial charge in [0, 0.05) is 18.6 Å². The second-order valence-electron chi connectivity index (χ2n) is 6.88. The number of guanidine groups is 1. The van der Waals surface area contributed by atoms with Gasteiger partial charge in [0.2, 0.25) is 0 Å². The summed E-state index contributed by atoms with van der Waals surface area (Å²) in [5.74, 6) is 0.752. The Morgan fingerprint density at radius 3 is 2.41 bits per heavy atom. The summed E-state index contributed by atoms with van der Waals surface area (Å²) in [5.41, 5.74) is 2.09. The molecule has 0 aromatic heterocycles. The highest BCUT2D eigenvalue weighted by molar-refractivity contribution is 14.0. The van der Waals surface area contributed by atoms with Crippen LogP contribution in [-0.2, 0) is 9.84 Å². The maximum Gasteiger partial charge on any atom is 0.191 e. The van der Waals surface area contributed by atoms with Crippen molar-refractivity contribution in [2.24, 2.45) is 4.99 Å². The Hall–Kier alpha value is -1.09. The zero-order valence-electron chi connectivity index (χ0n) is 16.7. The number of hydrogen-bond acceptors (Lipinski definition) is 3. The third kappa shape index (κ3) is 7.10. The van der Waals surface area contributed by atoms with Gasteiger partial charge in [0.1, 0.15) is 0 Å². The number of hydrogen-bond donors (Lipinski definition) is 2. The van der Waals surface area contributed by atoms with Gasteiger partial charge in [-0.2, -0.15) is 0 Å². The van der Waals surface area contributed by atoms with E-state index in [2.05, 4.69) is 27.8 Å². The summed E-state index contributed by atoms with van der Waals surface area (Å²) in [7, 11) is -3.36. The molecule has 0 fully saturated rings. The largest absolute Gasteiger partial charge is 0.353 e. The van der Waals surface area contributed by atoms with Crippen LogP contribution in [0.4, 0.5) is 0 Å². The van der Waals surface area contributed by atoms with Gasteiger partial charge in [0.05, 0.1) is 10.6 Å². The van der Waals surface area contributed by atoms with E-state index in [-0.39, 0.29) is 35.8 Å². The molecule has 27 heavy (non-hydrogen) atoms. The quantitative estimate of drug-likeness (QED) is 0.256. The maximum atomic E-state index is 12.8. The minimum absolute atomic E-state index is 0. The lowest BCUT2D eigenvalue weighted by Crippen LogP contribution is -2.48. The molecular weight excluding hydrogens is 473 g/mol. The Kier molecular flexibility index (Phi) is 9.80. The van der Waals surface area contributed by atoms with Crippen LogP contribution in [-0.4, -0.2) is 38.8 Å². The van der Waals surface area contributed by atoms with Gasteiger partial charge >= 0.3 is 0 Å². The molecule has 0 heterocycles. The molecule has 1 aliphatic carbocycles. The van der Waals surface area contributed by atoms with E-state index in [4.69, 9.17) is 0 Å². The van der Waals surface area contributed by atoms with E-state index in [1.165, 1.54) is 0 Å². The molecule has 1 aromatic rings. The van der Waals surface area contributed by atoms with Crippen molar-refractivity contribution in [3.63, 3.8) is 0 Å². The summed E-state index contributed by atoms with van der Waals surface area (Å²) in [5, 5.41) is 6.72. The number of nitrogens with one attached hydrogen (secondary N) is 2. The Labute approximate surface area is 181 Å². The van der Waals surface area contributed by atoms with Gasteiger partial charge in [-0.25, -0.2) is 8.42 Å². The Morgan fingerprint density at radius 1 is 1.19 bits per heavy atom. The van der Waals surface area contributed by atoms with Crippen molar-refractivity contribution < 1.29 is 8.42 Å². The first-order valence-corrected chi connectivity index (χ1v) is 11.0. The summed E-state index contributed by atoms with van der Waals surface area (Å²) in [6.45, 7) is 8.54. The average molecular weight is 505 g/mol. The highest BCUT2D eigenvalue weighted by Crippen LogP contribution is 2.17. The van der Waals surface area contributed by atoms with Crippen molar-refractivity contribution in [1.82, 2.24) is 10.6 Å². The molecule has 0 saturated carbocycles. The average Bonchev–Trinajstić information content (AvgIpc) is 3.09. The fraction of sp³-hybridized carbons (Fsp3) is 0.550. The Morgan fingerprint density at radius 2 is 1.85 bits per heavy atom. The highest BCUT2D eigenvalue weighted by atomic mass is 127. The van der Waals surface area contributed by atoms with Crippen molar-refractivity contribution in [3.8, 4) is 0 Å². The van der Waals surface area contributed by atoms with Gasteiger partial charge in [-0.3, -0.25) is 4.99 Å². The lowest BCUT2D eigenvalue weighted by Gasteiger charge is -2.23. The molecule has 0 saturated heterocycles. The van der Waals surface area contributed by atoms with E-state index >= 15 is 0 Å². The van der Waals surface area contributed by atoms with Crippen molar-refractivity contribution in [2.45, 2.75) is 63.9 Å². The molecule has 0 spiro atoms. The molecule has 2 N–H and O–H groups in total. The molecule has 1 aliphatic rings. The highest BCUT2D eigenvalue weighted by Gasteiger charge is 2.22. The molecule has 1 aromatic carbocycles. The summed E-state index contributed by atoms with van der Waals surface area (Å²) in [6.07, 6.45) is 6.97. The van der Waals surface area contributed by atoms with Crippen molar-refractivity contribution in [1.29, 1.82) is 0 Å². The smallest absolute Gasteiger partial charge is 0.191 e. The molecule has 1 unspecified atom stereocenters. The predicted octanol–water partition coefficient (Wildman–Crippen LogP) is 3.75. The molecule has 5 nitrogen and oxygen atoms in total. The van der Waals surface area contributed by atoms with E-state index < -0.39 is 9.84 Å². The molecule has 2 rings (SSSR count). The van der Waals surface area contributed by atoms with Crippen LogP contribution in [0, 0.1) is 13.8 Å². The second kappa shape index (κ2) is 11.0. The van der Waals surface area contributed by atoms with Gasteiger partial charge < -0.3 is 10.6 Å². The van der Waals surface area contributed by atoms with Crippen LogP contribution in [0.15, 0.2) is 40.2 Å². The summed E-state index contributed by atoms with van der Waals surface area (Å²) in [4.78, 5) is 4.87. The zero-order chi connectivity index (χ0) is 19.2. The monoisotopic (exact) mass is 505 g/mol. The van der Waals surface area contributed by atoms with E-state index in [1.807, 2.05) is 33.8 Å². The SMILES string of the molecule is CCN=C(NC1CC=CC1)NC(CC)CS(=O)(=O)c1ccc(C)c(C)c1.I. The van der Waals surface area contributed by atoms with Crippen molar-refractivity contribution in [3.05, 3.63) is 41.5 Å². The number of benzene rings is 1. The van der Waals surface area contributed by atoms with Crippen molar-refractivity contribution >= 4 is 39.8 Å². The number of nitrogens with zero attached hydrogens (tertiary/aromatic N) is 1. The normalized spacial score (nSPS) is 16.1. The summed E-state index contributed by atoms with van der Waals surface area (Å²) in [6, 6.07) is 5.49. The van der Waals surface area contributed by atoms with Crippen LogP contribution in [0.25, 0.3) is 0 Å². The van der Waals surface area contributed by atoms with Crippen LogP contribution in [0.3, 0.4) is 0 Å². The van der Waals surface area contributed by atoms with E-state index in [9.17, 15) is 8.42 Å². The van der Waals surface area contributed by atoms with E-state index in [1.54, 1.807) is 12.1 Å². The minimum Gasteiger partial charge on any atom is -0.353 e. The van der Waals surface area contributed by atoms with Gasteiger partial charge in [-0.1, -0.05) is 25.1 Å². The third-order valence-corrected chi connectivity index (χ3v) is 6.57. The topological polar surface area (TPSA) is 70.6 Å². The first kappa shape index (κ1) is 23.9. The number of sulfone groups is 1. The lowest BCUT2D eigenvalue weighted by molar-refractivity contribution is 0.560. The first-order valence-electron chi connectivity index (χ1n) is 9.38. The molecule has 0 bridgehead atoms. The number of rotatable bonds is 7. The molecular formula is C20H32IN3O2S. The molecule has 152 valence electrons. The minimum atomic E-state index is -3.36. The fourth-order valence-corrected chi connectivity index (χ4v) is 4.62. The molecule has 0 radical (unpaired) electrons. The third-order valence-electron chi connectivity index (χ3n) is 4.76. The maximum absolute atomic E-state index is 12.8. The Balaban J connectivity index is 0.00000364. The lowest BCUT2D eigenvalue weighted by atomic mass is 10.1. The summed E-state index contributed by atoms with van der Waals surface area (Å²) < 4.78 is 25.7. The van der Waals surface area contributed by atoms with Crippen LogP contribution in [0.1, 0.15) is 44.2 Å². The number of aliphatic imine (C=N–C) groups is 1. The van der Waals surface area contributed by atoms with Crippen LogP contribution in [0.5, 0.6) is 0 Å². The van der Waals surface area contributed by atoms with Crippen LogP contribution in [0.2, 0.25) is 0 Å².